The third-order valence-corrected chi connectivity index (χ3v) is 5.64. The van der Waals surface area contributed by atoms with E-state index in [4.69, 9.17) is 11.6 Å². The third-order valence-electron chi connectivity index (χ3n) is 5.41. The lowest BCUT2D eigenvalue weighted by molar-refractivity contribution is -0.134. The van der Waals surface area contributed by atoms with E-state index in [-0.39, 0.29) is 17.8 Å². The molecular formula is C19H25ClN2O2. The van der Waals surface area contributed by atoms with Gasteiger partial charge in [-0.25, -0.2) is 0 Å². The van der Waals surface area contributed by atoms with Gasteiger partial charge in [-0.15, -0.1) is 11.6 Å². The topological polar surface area (TPSA) is 40.6 Å². The second-order valence-electron chi connectivity index (χ2n) is 6.78. The number of halogens is 1. The van der Waals surface area contributed by atoms with Gasteiger partial charge < -0.3 is 9.80 Å². The number of rotatable bonds is 5. The normalized spacial score (nSPS) is 21.2. The highest BCUT2D eigenvalue weighted by Gasteiger charge is 2.33. The van der Waals surface area contributed by atoms with E-state index in [1.807, 2.05) is 21.9 Å². The molecule has 0 spiro atoms. The summed E-state index contributed by atoms with van der Waals surface area (Å²) >= 11 is 5.82. The number of hydrogen-bond acceptors (Lipinski definition) is 2. The fraction of sp³-hybridized carbons (Fsp3) is 0.579. The maximum absolute atomic E-state index is 12.3. The Labute approximate surface area is 148 Å². The molecule has 2 amide bonds. The minimum absolute atomic E-state index is 0.0107. The molecule has 1 unspecified atom stereocenters. The summed E-state index contributed by atoms with van der Waals surface area (Å²) in [6.07, 6.45) is 7.57. The van der Waals surface area contributed by atoms with Crippen LogP contribution in [0.3, 0.4) is 0 Å². The standard InChI is InChI=1S/C19H25ClN2O2/c20-12-19(24)22-11-10-15-6-4-5-9-17(15)18(22)13-21(14-23)16-7-2-1-3-8-16/h4-6,9,14,16,18H,1-3,7-8,10-13H2. The van der Waals surface area contributed by atoms with Gasteiger partial charge in [-0.3, -0.25) is 9.59 Å². The molecule has 2 aliphatic rings. The Hall–Kier alpha value is -1.55. The van der Waals surface area contributed by atoms with Gasteiger partial charge in [0, 0.05) is 19.1 Å². The van der Waals surface area contributed by atoms with Gasteiger partial charge >= 0.3 is 0 Å². The van der Waals surface area contributed by atoms with Gasteiger partial charge in [0.15, 0.2) is 0 Å². The first-order valence-electron chi connectivity index (χ1n) is 8.89. The van der Waals surface area contributed by atoms with E-state index in [1.54, 1.807) is 0 Å². The zero-order chi connectivity index (χ0) is 16.9. The minimum Gasteiger partial charge on any atom is -0.340 e. The summed E-state index contributed by atoms with van der Waals surface area (Å²) < 4.78 is 0. The van der Waals surface area contributed by atoms with Crippen LogP contribution in [0, 0.1) is 0 Å². The number of carbonyl (C=O) groups excluding carboxylic acids is 2. The molecule has 3 rings (SSSR count). The van der Waals surface area contributed by atoms with Crippen LogP contribution in [-0.2, 0) is 16.0 Å². The van der Waals surface area contributed by atoms with E-state index in [0.29, 0.717) is 19.1 Å². The van der Waals surface area contributed by atoms with Gasteiger partial charge in [-0.05, 0) is 30.4 Å². The number of alkyl halides is 1. The largest absolute Gasteiger partial charge is 0.340 e. The molecule has 4 nitrogen and oxygen atoms in total. The first-order valence-corrected chi connectivity index (χ1v) is 9.42. The molecule has 24 heavy (non-hydrogen) atoms. The highest BCUT2D eigenvalue weighted by Crippen LogP contribution is 2.32. The first kappa shape index (κ1) is 17.3. The summed E-state index contributed by atoms with van der Waals surface area (Å²) in [4.78, 5) is 27.8. The Morgan fingerprint density at radius 1 is 1.25 bits per heavy atom. The van der Waals surface area contributed by atoms with Crippen molar-refractivity contribution >= 4 is 23.9 Å². The Morgan fingerprint density at radius 3 is 2.71 bits per heavy atom. The zero-order valence-electron chi connectivity index (χ0n) is 14.0. The molecule has 1 fully saturated rings. The van der Waals surface area contributed by atoms with E-state index in [2.05, 4.69) is 12.1 Å². The van der Waals surface area contributed by atoms with E-state index >= 15 is 0 Å². The molecule has 0 aromatic heterocycles. The smallest absolute Gasteiger partial charge is 0.238 e. The van der Waals surface area contributed by atoms with Crippen molar-refractivity contribution in [3.05, 3.63) is 35.4 Å². The predicted molar refractivity (Wildman–Crippen MR) is 95.0 cm³/mol. The minimum atomic E-state index is -0.0895. The molecule has 0 saturated heterocycles. The number of carbonyl (C=O) groups is 2. The lowest BCUT2D eigenvalue weighted by Gasteiger charge is -2.41. The van der Waals surface area contributed by atoms with E-state index in [1.165, 1.54) is 24.8 Å². The Morgan fingerprint density at radius 2 is 2.00 bits per heavy atom. The van der Waals surface area contributed by atoms with E-state index in [0.717, 1.165) is 31.2 Å². The maximum Gasteiger partial charge on any atom is 0.238 e. The highest BCUT2D eigenvalue weighted by molar-refractivity contribution is 6.27. The van der Waals surface area contributed by atoms with Crippen LogP contribution in [0.5, 0.6) is 0 Å². The zero-order valence-corrected chi connectivity index (χ0v) is 14.8. The Balaban J connectivity index is 1.85. The number of hydrogen-bond donors (Lipinski definition) is 0. The van der Waals surface area contributed by atoms with Gasteiger partial charge in [0.05, 0.1) is 6.04 Å². The van der Waals surface area contributed by atoms with Crippen LogP contribution in [0.15, 0.2) is 24.3 Å². The SMILES string of the molecule is O=CN(CC1c2ccccc2CCN1C(=O)CCl)C1CCCCC1. The molecule has 1 aromatic carbocycles. The van der Waals surface area contributed by atoms with Crippen molar-refractivity contribution in [2.75, 3.05) is 19.0 Å². The average Bonchev–Trinajstić information content (AvgIpc) is 2.66. The lowest BCUT2D eigenvalue weighted by atomic mass is 9.90. The number of amides is 2. The molecule has 1 saturated carbocycles. The van der Waals surface area contributed by atoms with Crippen molar-refractivity contribution in [2.24, 2.45) is 0 Å². The summed E-state index contributed by atoms with van der Waals surface area (Å²) in [5.41, 5.74) is 2.43. The fourth-order valence-corrected chi connectivity index (χ4v) is 4.27. The van der Waals surface area contributed by atoms with E-state index in [9.17, 15) is 9.59 Å². The quantitative estimate of drug-likeness (QED) is 0.606. The van der Waals surface area contributed by atoms with Gasteiger partial charge in [0.25, 0.3) is 0 Å². The van der Waals surface area contributed by atoms with Crippen molar-refractivity contribution in [1.29, 1.82) is 0 Å². The van der Waals surface area contributed by atoms with Crippen LogP contribution in [0.2, 0.25) is 0 Å². The predicted octanol–water partition coefficient (Wildman–Crippen LogP) is 3.14. The van der Waals surface area contributed by atoms with Crippen molar-refractivity contribution in [2.45, 2.75) is 50.6 Å². The van der Waals surface area contributed by atoms with E-state index < -0.39 is 0 Å². The second kappa shape index (κ2) is 8.02. The molecule has 130 valence electrons. The number of fused-ring (bicyclic) bond motifs is 1. The molecule has 1 aliphatic carbocycles. The molecule has 1 atom stereocenters. The molecule has 5 heteroatoms. The van der Waals surface area contributed by atoms with Crippen LogP contribution in [0.4, 0.5) is 0 Å². The molecule has 0 radical (unpaired) electrons. The molecule has 1 aromatic rings. The molecule has 1 heterocycles. The number of nitrogens with zero attached hydrogens (tertiary/aromatic N) is 2. The summed E-state index contributed by atoms with van der Waals surface area (Å²) in [5, 5.41) is 0. The van der Waals surface area contributed by atoms with Crippen LogP contribution in [0.25, 0.3) is 0 Å². The van der Waals surface area contributed by atoms with Gasteiger partial charge in [-0.1, -0.05) is 43.5 Å². The molecule has 1 aliphatic heterocycles. The van der Waals surface area contributed by atoms with Gasteiger partial charge in [-0.2, -0.15) is 0 Å². The van der Waals surface area contributed by atoms with Crippen molar-refractivity contribution in [3.8, 4) is 0 Å². The highest BCUT2D eigenvalue weighted by atomic mass is 35.5. The molecule has 0 bridgehead atoms. The summed E-state index contributed by atoms with van der Waals surface area (Å²) in [7, 11) is 0. The van der Waals surface area contributed by atoms with Crippen LogP contribution >= 0.6 is 11.6 Å². The number of benzene rings is 1. The van der Waals surface area contributed by atoms with Crippen molar-refractivity contribution < 1.29 is 9.59 Å². The Bertz CT molecular complexity index is 586. The van der Waals surface area contributed by atoms with Crippen molar-refractivity contribution in [1.82, 2.24) is 9.80 Å². The second-order valence-corrected chi connectivity index (χ2v) is 7.05. The van der Waals surface area contributed by atoms with Crippen molar-refractivity contribution in [3.63, 3.8) is 0 Å². The van der Waals surface area contributed by atoms with Crippen LogP contribution < -0.4 is 0 Å². The molecule has 0 N–H and O–H groups in total. The lowest BCUT2D eigenvalue weighted by Crippen LogP contribution is -2.48. The summed E-state index contributed by atoms with van der Waals surface area (Å²) in [6.45, 7) is 1.23. The monoisotopic (exact) mass is 348 g/mol. The Kier molecular flexibility index (Phi) is 5.77. The maximum atomic E-state index is 12.3. The van der Waals surface area contributed by atoms with Crippen LogP contribution in [0.1, 0.15) is 49.3 Å². The first-order chi connectivity index (χ1) is 11.7. The van der Waals surface area contributed by atoms with Gasteiger partial charge in [0.1, 0.15) is 5.88 Å². The van der Waals surface area contributed by atoms with Crippen LogP contribution in [-0.4, -0.2) is 47.1 Å². The average molecular weight is 349 g/mol. The summed E-state index contributed by atoms with van der Waals surface area (Å²) in [5.74, 6) is -0.0610. The van der Waals surface area contributed by atoms with Gasteiger partial charge in [0.2, 0.25) is 12.3 Å². The third kappa shape index (κ3) is 3.59. The fourth-order valence-electron chi connectivity index (χ4n) is 4.11. The molecular weight excluding hydrogens is 324 g/mol. The summed E-state index contributed by atoms with van der Waals surface area (Å²) in [6, 6.07) is 8.46.